The number of fused-ring (bicyclic) bond motifs is 4. The molecule has 0 bridgehead atoms. The van der Waals surface area contributed by atoms with Gasteiger partial charge in [-0.2, -0.15) is 0 Å². The third kappa shape index (κ3) is 2.78. The number of hydrogen-bond acceptors (Lipinski definition) is 2. The Morgan fingerprint density at radius 1 is 1.30 bits per heavy atom. The number of nitrogens with zero attached hydrogens (tertiary/aromatic N) is 1. The fraction of sp³-hybridized carbons (Fsp3) is 0.346. The van der Waals surface area contributed by atoms with E-state index in [1.807, 2.05) is 11.0 Å². The van der Waals surface area contributed by atoms with Crippen LogP contribution in [-0.4, -0.2) is 36.0 Å². The van der Waals surface area contributed by atoms with E-state index in [2.05, 4.69) is 54.9 Å². The van der Waals surface area contributed by atoms with E-state index in [1.165, 1.54) is 39.4 Å². The maximum absolute atomic E-state index is 12.4. The van der Waals surface area contributed by atoms with Crippen molar-refractivity contribution in [2.24, 2.45) is 5.92 Å². The molecular weight excluding hydrogens is 372 g/mol. The molecule has 30 heavy (non-hydrogen) atoms. The second-order valence-electron chi connectivity index (χ2n) is 8.78. The predicted octanol–water partition coefficient (Wildman–Crippen LogP) is 4.56. The summed E-state index contributed by atoms with van der Waals surface area (Å²) in [7, 11) is 1.72. The van der Waals surface area contributed by atoms with Crippen molar-refractivity contribution in [1.82, 2.24) is 9.88 Å². The zero-order valence-corrected chi connectivity index (χ0v) is 17.7. The largest absolute Gasteiger partial charge is 0.497 e. The predicted molar refractivity (Wildman–Crippen MR) is 120 cm³/mol. The van der Waals surface area contributed by atoms with Crippen LogP contribution in [0.1, 0.15) is 28.8 Å². The molecule has 2 aromatic carbocycles. The van der Waals surface area contributed by atoms with E-state index in [0.29, 0.717) is 5.92 Å². The van der Waals surface area contributed by atoms with Gasteiger partial charge in [-0.25, -0.2) is 0 Å². The molecule has 4 heteroatoms. The number of hydrogen-bond donors (Lipinski definition) is 1. The number of rotatable bonds is 3. The Morgan fingerprint density at radius 2 is 2.13 bits per heavy atom. The van der Waals surface area contributed by atoms with E-state index in [-0.39, 0.29) is 11.3 Å². The van der Waals surface area contributed by atoms with Crippen LogP contribution in [0.4, 0.5) is 0 Å². The first kappa shape index (κ1) is 19.0. The number of ether oxygens (including phenoxy) is 1. The highest BCUT2D eigenvalue weighted by molar-refractivity contribution is 5.88. The lowest BCUT2D eigenvalue weighted by atomic mass is 9.58. The van der Waals surface area contributed by atoms with E-state index < -0.39 is 0 Å². The van der Waals surface area contributed by atoms with Crippen molar-refractivity contribution in [3.8, 4) is 5.75 Å². The lowest BCUT2D eigenvalue weighted by Crippen LogP contribution is -2.54. The van der Waals surface area contributed by atoms with Crippen LogP contribution in [0.25, 0.3) is 10.9 Å². The lowest BCUT2D eigenvalue weighted by molar-refractivity contribution is -0.129. The highest BCUT2D eigenvalue weighted by Crippen LogP contribution is 2.49. The van der Waals surface area contributed by atoms with E-state index in [0.717, 1.165) is 38.1 Å². The molecule has 4 nitrogen and oxygen atoms in total. The molecule has 0 spiro atoms. The van der Waals surface area contributed by atoms with Gasteiger partial charge < -0.3 is 14.6 Å². The Labute approximate surface area is 177 Å². The van der Waals surface area contributed by atoms with Gasteiger partial charge >= 0.3 is 0 Å². The summed E-state index contributed by atoms with van der Waals surface area (Å²) in [6, 6.07) is 15.1. The normalized spacial score (nSPS) is 23.0. The number of aryl methyl sites for hydroxylation is 1. The second kappa shape index (κ2) is 7.05. The number of piperidine rings is 1. The van der Waals surface area contributed by atoms with Crippen molar-refractivity contribution >= 4 is 16.8 Å². The first-order chi connectivity index (χ1) is 14.6. The van der Waals surface area contributed by atoms with Gasteiger partial charge in [0.1, 0.15) is 5.75 Å². The van der Waals surface area contributed by atoms with E-state index in [4.69, 9.17) is 4.74 Å². The zero-order valence-electron chi connectivity index (χ0n) is 17.7. The van der Waals surface area contributed by atoms with Crippen molar-refractivity contribution in [2.75, 3.05) is 20.2 Å². The average Bonchev–Trinajstić information content (AvgIpc) is 3.15. The van der Waals surface area contributed by atoms with Crippen LogP contribution in [0.3, 0.4) is 0 Å². The van der Waals surface area contributed by atoms with Gasteiger partial charge in [0.2, 0.25) is 5.91 Å². The number of carbonyl (C=O) groups excluding carboxylic acids is 1. The SMILES string of the molecule is C=CC(=O)N1CCC2(c3cccc(OC)c3)Cc3[nH]c4c(C)cccc4c3CC2C1. The summed E-state index contributed by atoms with van der Waals surface area (Å²) in [6.07, 6.45) is 4.32. The molecule has 1 aliphatic carbocycles. The number of aromatic amines is 1. The van der Waals surface area contributed by atoms with Gasteiger partial charge in [-0.3, -0.25) is 4.79 Å². The van der Waals surface area contributed by atoms with Crippen molar-refractivity contribution in [3.05, 3.63) is 77.5 Å². The summed E-state index contributed by atoms with van der Waals surface area (Å²) in [5.74, 6) is 1.28. The van der Waals surface area contributed by atoms with Gasteiger partial charge in [0.15, 0.2) is 0 Å². The summed E-state index contributed by atoms with van der Waals surface area (Å²) < 4.78 is 5.55. The molecule has 0 radical (unpaired) electrons. The lowest BCUT2D eigenvalue weighted by Gasteiger charge is -2.51. The summed E-state index contributed by atoms with van der Waals surface area (Å²) in [4.78, 5) is 18.1. The molecule has 2 atom stereocenters. The van der Waals surface area contributed by atoms with Crippen molar-refractivity contribution in [1.29, 1.82) is 0 Å². The number of aromatic nitrogens is 1. The Balaban J connectivity index is 1.65. The number of para-hydroxylation sites is 1. The molecule has 154 valence electrons. The van der Waals surface area contributed by atoms with Crippen LogP contribution in [0.2, 0.25) is 0 Å². The van der Waals surface area contributed by atoms with E-state index in [1.54, 1.807) is 7.11 Å². The number of amides is 1. The molecule has 1 aromatic heterocycles. The van der Waals surface area contributed by atoms with E-state index in [9.17, 15) is 4.79 Å². The maximum atomic E-state index is 12.4. The van der Waals surface area contributed by atoms with Gasteiger partial charge in [-0.1, -0.05) is 36.9 Å². The molecule has 5 rings (SSSR count). The summed E-state index contributed by atoms with van der Waals surface area (Å²) in [6.45, 7) is 7.39. The Morgan fingerprint density at radius 3 is 2.93 bits per heavy atom. The smallest absolute Gasteiger partial charge is 0.245 e. The molecule has 1 aliphatic heterocycles. The summed E-state index contributed by atoms with van der Waals surface area (Å²) in [5.41, 5.74) is 6.61. The Bertz CT molecular complexity index is 1150. The molecule has 1 fully saturated rings. The Kier molecular flexibility index (Phi) is 4.46. The molecule has 0 saturated carbocycles. The number of H-pyrrole nitrogens is 1. The third-order valence-electron chi connectivity index (χ3n) is 7.36. The molecule has 3 aromatic rings. The number of methoxy groups -OCH3 is 1. The van der Waals surface area contributed by atoms with Gasteiger partial charge in [0, 0.05) is 35.1 Å². The molecule has 2 heterocycles. The first-order valence-electron chi connectivity index (χ1n) is 10.7. The molecule has 1 saturated heterocycles. The van der Waals surface area contributed by atoms with Crippen LogP contribution in [0.15, 0.2) is 55.1 Å². The highest BCUT2D eigenvalue weighted by Gasteiger charge is 2.48. The number of nitrogens with one attached hydrogen (secondary N) is 1. The fourth-order valence-corrected chi connectivity index (χ4v) is 5.73. The molecule has 2 unspecified atom stereocenters. The van der Waals surface area contributed by atoms with Gasteiger partial charge in [-0.05, 0) is 67.0 Å². The quantitative estimate of drug-likeness (QED) is 0.655. The Hall–Kier alpha value is -3.01. The molecule has 2 aliphatic rings. The van der Waals surface area contributed by atoms with E-state index >= 15 is 0 Å². The number of benzene rings is 2. The summed E-state index contributed by atoms with van der Waals surface area (Å²) in [5, 5.41) is 1.33. The molecular formula is C26H28N2O2. The number of likely N-dealkylation sites (tertiary alicyclic amines) is 1. The molecule has 1 N–H and O–H groups in total. The zero-order chi connectivity index (χ0) is 20.9. The van der Waals surface area contributed by atoms with Crippen molar-refractivity contribution in [2.45, 2.75) is 31.6 Å². The molecule has 1 amide bonds. The first-order valence-corrected chi connectivity index (χ1v) is 10.7. The second-order valence-corrected chi connectivity index (χ2v) is 8.78. The van der Waals surface area contributed by atoms with Crippen molar-refractivity contribution in [3.63, 3.8) is 0 Å². The van der Waals surface area contributed by atoms with Gasteiger partial charge in [-0.15, -0.1) is 0 Å². The van der Waals surface area contributed by atoms with Gasteiger partial charge in [0.25, 0.3) is 0 Å². The van der Waals surface area contributed by atoms with Crippen LogP contribution < -0.4 is 4.74 Å². The topological polar surface area (TPSA) is 45.3 Å². The van der Waals surface area contributed by atoms with Gasteiger partial charge in [0.05, 0.1) is 7.11 Å². The fourth-order valence-electron chi connectivity index (χ4n) is 5.73. The minimum Gasteiger partial charge on any atom is -0.497 e. The average molecular weight is 401 g/mol. The number of carbonyl (C=O) groups is 1. The summed E-state index contributed by atoms with van der Waals surface area (Å²) >= 11 is 0. The third-order valence-corrected chi connectivity index (χ3v) is 7.36. The van der Waals surface area contributed by atoms with Crippen molar-refractivity contribution < 1.29 is 9.53 Å². The standard InChI is InChI=1S/C26H28N2O2/c1-4-24(29)28-12-11-26(18-8-6-9-20(13-18)30-3)15-23-22(14-19(26)16-28)21-10-5-7-17(2)25(21)27-23/h4-10,13,19,27H,1,11-12,14-16H2,2-3H3. The minimum absolute atomic E-state index is 0.00568. The van der Waals surface area contributed by atoms with Crippen LogP contribution in [-0.2, 0) is 23.1 Å². The van der Waals surface area contributed by atoms with Crippen LogP contribution in [0.5, 0.6) is 5.75 Å². The van der Waals surface area contributed by atoms with Crippen LogP contribution in [0, 0.1) is 12.8 Å². The van der Waals surface area contributed by atoms with Crippen LogP contribution >= 0.6 is 0 Å². The monoisotopic (exact) mass is 400 g/mol. The minimum atomic E-state index is -0.00568. The highest BCUT2D eigenvalue weighted by atomic mass is 16.5. The maximum Gasteiger partial charge on any atom is 0.245 e.